The van der Waals surface area contributed by atoms with E-state index in [9.17, 15) is 14.9 Å². The molecule has 0 aromatic heterocycles. The van der Waals surface area contributed by atoms with Crippen LogP contribution in [0, 0.1) is 10.1 Å². The predicted molar refractivity (Wildman–Crippen MR) is 88.2 cm³/mol. The molecule has 0 aliphatic heterocycles. The smallest absolute Gasteiger partial charge is 0.342 e. The molecule has 23 heavy (non-hydrogen) atoms. The fourth-order valence-electron chi connectivity index (χ4n) is 2.42. The number of rotatable bonds is 12. The van der Waals surface area contributed by atoms with Crippen LogP contribution >= 0.6 is 0 Å². The third kappa shape index (κ3) is 6.67. The molecular formula is C17H25NO5. The van der Waals surface area contributed by atoms with E-state index in [-0.39, 0.29) is 11.3 Å². The molecule has 0 amide bonds. The Labute approximate surface area is 136 Å². The van der Waals surface area contributed by atoms with Crippen LogP contribution in [-0.2, 0) is 0 Å². The lowest BCUT2D eigenvalue weighted by atomic mass is 10.1. The number of aromatic carboxylic acids is 1. The first-order valence-corrected chi connectivity index (χ1v) is 8.21. The summed E-state index contributed by atoms with van der Waals surface area (Å²) < 4.78 is 5.43. The number of nitrogens with zero attached hydrogens (tertiary/aromatic N) is 1. The maximum Gasteiger partial charge on any atom is 0.342 e. The van der Waals surface area contributed by atoms with Crippen molar-refractivity contribution < 1.29 is 19.6 Å². The monoisotopic (exact) mass is 323 g/mol. The Morgan fingerprint density at radius 2 is 1.74 bits per heavy atom. The number of carboxylic acid groups (broad SMARTS) is 1. The van der Waals surface area contributed by atoms with Crippen LogP contribution in [0.3, 0.4) is 0 Å². The predicted octanol–water partition coefficient (Wildman–Crippen LogP) is 4.81. The molecule has 0 aliphatic rings. The lowest BCUT2D eigenvalue weighted by Gasteiger charge is -2.08. The van der Waals surface area contributed by atoms with Gasteiger partial charge in [-0.1, -0.05) is 57.9 Å². The molecule has 0 heterocycles. The molecule has 0 aliphatic carbocycles. The highest BCUT2D eigenvalue weighted by Crippen LogP contribution is 2.31. The molecule has 1 aromatic carbocycles. The van der Waals surface area contributed by atoms with Gasteiger partial charge in [-0.15, -0.1) is 0 Å². The number of nitro groups is 1. The van der Waals surface area contributed by atoms with Gasteiger partial charge in [0.1, 0.15) is 5.56 Å². The van der Waals surface area contributed by atoms with Crippen LogP contribution in [0.4, 0.5) is 5.69 Å². The number of benzene rings is 1. The molecule has 1 aromatic rings. The van der Waals surface area contributed by atoms with Crippen molar-refractivity contribution in [3.05, 3.63) is 33.9 Å². The summed E-state index contributed by atoms with van der Waals surface area (Å²) in [4.78, 5) is 21.4. The number of carbonyl (C=O) groups is 1. The summed E-state index contributed by atoms with van der Waals surface area (Å²) in [6, 6.07) is 4.11. The van der Waals surface area contributed by atoms with E-state index in [0.717, 1.165) is 19.3 Å². The van der Waals surface area contributed by atoms with Crippen LogP contribution < -0.4 is 4.74 Å². The molecule has 0 radical (unpaired) electrons. The number of unbranched alkanes of at least 4 members (excludes halogenated alkanes) is 7. The SMILES string of the molecule is CCCCCCCCCCOc1cccc(C(=O)O)c1[N+](=O)[O-]. The zero-order valence-electron chi connectivity index (χ0n) is 13.6. The molecule has 0 unspecified atom stereocenters. The maximum atomic E-state index is 11.1. The Bertz CT molecular complexity index is 516. The second-order valence-electron chi connectivity index (χ2n) is 5.54. The van der Waals surface area contributed by atoms with E-state index < -0.39 is 16.6 Å². The number of nitro benzene ring substituents is 1. The molecule has 1 rings (SSSR count). The van der Waals surface area contributed by atoms with Crippen LogP contribution in [-0.4, -0.2) is 22.6 Å². The third-order valence-corrected chi connectivity index (χ3v) is 3.67. The standard InChI is InChI=1S/C17H25NO5/c1-2-3-4-5-6-7-8-9-13-23-15-12-10-11-14(17(19)20)16(15)18(21)22/h10-12H,2-9,13H2,1H3,(H,19,20). The quantitative estimate of drug-likeness (QED) is 0.338. The van der Waals surface area contributed by atoms with E-state index in [4.69, 9.17) is 9.84 Å². The van der Waals surface area contributed by atoms with Crippen molar-refractivity contribution in [2.45, 2.75) is 58.3 Å². The van der Waals surface area contributed by atoms with E-state index >= 15 is 0 Å². The van der Waals surface area contributed by atoms with Gasteiger partial charge < -0.3 is 9.84 Å². The largest absolute Gasteiger partial charge is 0.487 e. The first-order valence-electron chi connectivity index (χ1n) is 8.21. The summed E-state index contributed by atoms with van der Waals surface area (Å²) in [5.41, 5.74) is -0.817. The molecule has 6 nitrogen and oxygen atoms in total. The Morgan fingerprint density at radius 3 is 2.30 bits per heavy atom. The van der Waals surface area contributed by atoms with Gasteiger partial charge in [0, 0.05) is 0 Å². The third-order valence-electron chi connectivity index (χ3n) is 3.67. The van der Waals surface area contributed by atoms with Gasteiger partial charge in [-0.25, -0.2) is 4.79 Å². The number of hydrogen-bond donors (Lipinski definition) is 1. The molecule has 1 N–H and O–H groups in total. The molecule has 0 spiro atoms. The topological polar surface area (TPSA) is 89.7 Å². The van der Waals surface area contributed by atoms with Gasteiger partial charge in [0.25, 0.3) is 0 Å². The Hall–Kier alpha value is -2.11. The summed E-state index contributed by atoms with van der Waals surface area (Å²) >= 11 is 0. The highest BCUT2D eigenvalue weighted by Gasteiger charge is 2.25. The Morgan fingerprint density at radius 1 is 1.13 bits per heavy atom. The van der Waals surface area contributed by atoms with Gasteiger partial charge in [-0.3, -0.25) is 10.1 Å². The summed E-state index contributed by atoms with van der Waals surface area (Å²) in [5, 5.41) is 20.1. The average molecular weight is 323 g/mol. The fourth-order valence-corrected chi connectivity index (χ4v) is 2.42. The minimum Gasteiger partial charge on any atom is -0.487 e. The van der Waals surface area contributed by atoms with Gasteiger partial charge in [0.05, 0.1) is 11.5 Å². The van der Waals surface area contributed by atoms with E-state index in [1.165, 1.54) is 50.3 Å². The lowest BCUT2D eigenvalue weighted by molar-refractivity contribution is -0.386. The molecule has 0 saturated carbocycles. The maximum absolute atomic E-state index is 11.1. The first kappa shape index (κ1) is 18.9. The second kappa shape index (κ2) is 10.6. The average Bonchev–Trinajstić information content (AvgIpc) is 2.52. The highest BCUT2D eigenvalue weighted by atomic mass is 16.6. The minimum atomic E-state index is -1.32. The van der Waals surface area contributed by atoms with Crippen molar-refractivity contribution in [2.24, 2.45) is 0 Å². The molecule has 128 valence electrons. The number of para-hydroxylation sites is 1. The summed E-state index contributed by atoms with van der Waals surface area (Å²) in [5.74, 6) is -1.30. The Balaban J connectivity index is 2.39. The van der Waals surface area contributed by atoms with E-state index in [1.807, 2.05) is 0 Å². The van der Waals surface area contributed by atoms with Crippen molar-refractivity contribution in [1.29, 1.82) is 0 Å². The molecule has 0 bridgehead atoms. The Kier molecular flexibility index (Phi) is 8.72. The minimum absolute atomic E-state index is 0.0258. The van der Waals surface area contributed by atoms with Gasteiger partial charge in [0.15, 0.2) is 5.75 Å². The first-order chi connectivity index (χ1) is 11.1. The van der Waals surface area contributed by atoms with Crippen molar-refractivity contribution in [3.8, 4) is 5.75 Å². The van der Waals surface area contributed by atoms with Crippen LogP contribution in [0.15, 0.2) is 18.2 Å². The zero-order valence-corrected chi connectivity index (χ0v) is 13.6. The normalized spacial score (nSPS) is 10.5. The summed E-state index contributed by atoms with van der Waals surface area (Å²) in [7, 11) is 0. The number of hydrogen-bond acceptors (Lipinski definition) is 4. The molecule has 0 fully saturated rings. The molecule has 0 atom stereocenters. The van der Waals surface area contributed by atoms with Crippen LogP contribution in [0.5, 0.6) is 5.75 Å². The zero-order chi connectivity index (χ0) is 17.1. The van der Waals surface area contributed by atoms with Crippen molar-refractivity contribution in [3.63, 3.8) is 0 Å². The van der Waals surface area contributed by atoms with Crippen molar-refractivity contribution >= 4 is 11.7 Å². The van der Waals surface area contributed by atoms with Gasteiger partial charge in [0.2, 0.25) is 0 Å². The van der Waals surface area contributed by atoms with Gasteiger partial charge >= 0.3 is 11.7 Å². The van der Waals surface area contributed by atoms with Crippen LogP contribution in [0.25, 0.3) is 0 Å². The highest BCUT2D eigenvalue weighted by molar-refractivity contribution is 5.93. The molecule has 6 heteroatoms. The summed E-state index contributed by atoms with van der Waals surface area (Å²) in [6.07, 6.45) is 9.20. The van der Waals surface area contributed by atoms with Crippen LogP contribution in [0.2, 0.25) is 0 Å². The van der Waals surface area contributed by atoms with Crippen LogP contribution in [0.1, 0.15) is 68.6 Å². The van der Waals surface area contributed by atoms with Gasteiger partial charge in [-0.2, -0.15) is 0 Å². The van der Waals surface area contributed by atoms with Gasteiger partial charge in [-0.05, 0) is 18.6 Å². The van der Waals surface area contributed by atoms with Crippen molar-refractivity contribution in [2.75, 3.05) is 6.61 Å². The second-order valence-corrected chi connectivity index (χ2v) is 5.54. The molecular weight excluding hydrogens is 298 g/mol. The van der Waals surface area contributed by atoms with E-state index in [2.05, 4.69) is 6.92 Å². The van der Waals surface area contributed by atoms with Crippen molar-refractivity contribution in [1.82, 2.24) is 0 Å². The fraction of sp³-hybridized carbons (Fsp3) is 0.588. The van der Waals surface area contributed by atoms with E-state index in [1.54, 1.807) is 0 Å². The number of carboxylic acids is 1. The summed E-state index contributed by atoms with van der Waals surface area (Å²) in [6.45, 7) is 2.55. The van der Waals surface area contributed by atoms with E-state index in [0.29, 0.717) is 6.61 Å². The number of ether oxygens (including phenoxy) is 1. The lowest BCUT2D eigenvalue weighted by Crippen LogP contribution is -2.06. The molecule has 0 saturated heterocycles.